The van der Waals surface area contributed by atoms with Crippen LogP contribution in [0.2, 0.25) is 0 Å². The molecule has 0 bridgehead atoms. The predicted molar refractivity (Wildman–Crippen MR) is 220 cm³/mol. The Hall–Kier alpha value is -7.24. The lowest BCUT2D eigenvalue weighted by molar-refractivity contribution is 1.16. The summed E-state index contributed by atoms with van der Waals surface area (Å²) >= 11 is 0. The summed E-state index contributed by atoms with van der Waals surface area (Å²) in [6.45, 7) is 0. The van der Waals surface area contributed by atoms with Crippen molar-refractivity contribution in [2.24, 2.45) is 0 Å². The van der Waals surface area contributed by atoms with Gasteiger partial charge in [-0.15, -0.1) is 0 Å². The van der Waals surface area contributed by atoms with Crippen molar-refractivity contribution in [1.29, 1.82) is 0 Å². The minimum absolute atomic E-state index is 0.986. The van der Waals surface area contributed by atoms with E-state index < -0.39 is 0 Å². The molecule has 4 heterocycles. The van der Waals surface area contributed by atoms with E-state index in [1.807, 2.05) is 24.5 Å². The fraction of sp³-hybridized carbons (Fsp3) is 0. The van der Waals surface area contributed by atoms with Gasteiger partial charge in [0.25, 0.3) is 0 Å². The van der Waals surface area contributed by atoms with E-state index in [9.17, 15) is 0 Å². The lowest BCUT2D eigenvalue weighted by Crippen LogP contribution is -2.11. The summed E-state index contributed by atoms with van der Waals surface area (Å²) in [5.74, 6) is 0. The Bertz CT molecular complexity index is 2990. The number of para-hydroxylation sites is 5. The van der Waals surface area contributed by atoms with Crippen LogP contribution in [0.3, 0.4) is 0 Å². The van der Waals surface area contributed by atoms with E-state index in [1.165, 1.54) is 21.5 Å². The number of fused-ring (bicyclic) bond motifs is 8. The molecule has 11 rings (SSSR count). The van der Waals surface area contributed by atoms with Crippen molar-refractivity contribution in [1.82, 2.24) is 19.1 Å². The number of rotatable bonds is 5. The van der Waals surface area contributed by atoms with Gasteiger partial charge >= 0.3 is 0 Å². The molecule has 248 valence electrons. The zero-order chi connectivity index (χ0) is 34.9. The molecule has 0 fully saturated rings. The largest absolute Gasteiger partial charge is 0.309 e. The van der Waals surface area contributed by atoms with Gasteiger partial charge in [-0.25, -0.2) is 0 Å². The Labute approximate surface area is 305 Å². The summed E-state index contributed by atoms with van der Waals surface area (Å²) in [5.41, 5.74) is 11.9. The highest BCUT2D eigenvalue weighted by atomic mass is 15.2. The van der Waals surface area contributed by atoms with E-state index >= 15 is 0 Å². The molecule has 0 aliphatic rings. The highest BCUT2D eigenvalue weighted by Gasteiger charge is 2.24. The van der Waals surface area contributed by atoms with E-state index in [-0.39, 0.29) is 0 Å². The zero-order valence-corrected chi connectivity index (χ0v) is 28.6. The van der Waals surface area contributed by atoms with Crippen LogP contribution in [0.25, 0.3) is 76.8 Å². The van der Waals surface area contributed by atoms with Gasteiger partial charge in [0.05, 0.1) is 68.2 Å². The average Bonchev–Trinajstić information content (AvgIpc) is 3.75. The van der Waals surface area contributed by atoms with E-state index in [0.717, 1.165) is 72.3 Å². The van der Waals surface area contributed by atoms with Gasteiger partial charge in [-0.1, -0.05) is 103 Å². The zero-order valence-electron chi connectivity index (χ0n) is 28.6. The van der Waals surface area contributed by atoms with Crippen molar-refractivity contribution >= 4 is 82.5 Å². The van der Waals surface area contributed by atoms with Crippen LogP contribution >= 0.6 is 0 Å². The smallest absolute Gasteiger partial charge is 0.0703 e. The molecule has 0 saturated carbocycles. The van der Waals surface area contributed by atoms with Crippen LogP contribution in [0.1, 0.15) is 0 Å². The number of hydrogen-bond donors (Lipinski definition) is 0. The van der Waals surface area contributed by atoms with E-state index in [4.69, 9.17) is 9.97 Å². The molecular weight excluding hydrogens is 647 g/mol. The second kappa shape index (κ2) is 11.7. The molecule has 0 saturated heterocycles. The van der Waals surface area contributed by atoms with Gasteiger partial charge in [0.15, 0.2) is 0 Å². The normalized spacial score (nSPS) is 11.8. The summed E-state index contributed by atoms with van der Waals surface area (Å²) in [7, 11) is 0. The number of benzene rings is 7. The molecule has 5 heteroatoms. The molecule has 0 aliphatic heterocycles. The predicted octanol–water partition coefficient (Wildman–Crippen LogP) is 12.4. The lowest BCUT2D eigenvalue weighted by Gasteiger charge is -2.27. The van der Waals surface area contributed by atoms with Crippen molar-refractivity contribution in [2.45, 2.75) is 0 Å². The minimum atomic E-state index is 0.986. The number of aromatic nitrogens is 4. The topological polar surface area (TPSA) is 38.9 Å². The van der Waals surface area contributed by atoms with Crippen molar-refractivity contribution in [3.8, 4) is 11.4 Å². The summed E-state index contributed by atoms with van der Waals surface area (Å²) in [4.78, 5) is 12.2. The van der Waals surface area contributed by atoms with Crippen LogP contribution in [0.15, 0.2) is 188 Å². The first-order chi connectivity index (χ1) is 26.3. The molecular formula is C48H31N5. The fourth-order valence-corrected chi connectivity index (χ4v) is 8.28. The van der Waals surface area contributed by atoms with Crippen molar-refractivity contribution in [3.63, 3.8) is 0 Å². The molecule has 0 amide bonds. The first kappa shape index (κ1) is 29.5. The van der Waals surface area contributed by atoms with Crippen LogP contribution in [-0.2, 0) is 0 Å². The third-order valence-electron chi connectivity index (χ3n) is 10.5. The number of nitrogens with zero attached hydrogens (tertiary/aromatic N) is 5. The van der Waals surface area contributed by atoms with Crippen LogP contribution in [-0.4, -0.2) is 19.1 Å². The van der Waals surface area contributed by atoms with Crippen LogP contribution < -0.4 is 4.90 Å². The molecule has 0 spiro atoms. The molecule has 53 heavy (non-hydrogen) atoms. The van der Waals surface area contributed by atoms with Gasteiger partial charge < -0.3 is 14.0 Å². The third-order valence-corrected chi connectivity index (χ3v) is 10.5. The molecule has 0 unspecified atom stereocenters. The monoisotopic (exact) mass is 677 g/mol. The molecule has 11 aromatic rings. The van der Waals surface area contributed by atoms with Gasteiger partial charge in [-0.05, 0) is 72.8 Å². The van der Waals surface area contributed by atoms with Crippen LogP contribution in [0.5, 0.6) is 0 Å². The second-order valence-electron chi connectivity index (χ2n) is 13.5. The van der Waals surface area contributed by atoms with Crippen LogP contribution in [0.4, 0.5) is 17.1 Å². The van der Waals surface area contributed by atoms with Crippen molar-refractivity contribution in [2.75, 3.05) is 4.90 Å². The molecule has 7 aromatic carbocycles. The number of pyridine rings is 2. The molecule has 0 radical (unpaired) electrons. The Morgan fingerprint density at radius 3 is 1.34 bits per heavy atom. The van der Waals surface area contributed by atoms with Gasteiger partial charge in [-0.2, -0.15) is 0 Å². The van der Waals surface area contributed by atoms with Gasteiger partial charge in [-0.3, -0.25) is 9.97 Å². The Balaban J connectivity index is 1.22. The summed E-state index contributed by atoms with van der Waals surface area (Å²) < 4.78 is 4.71. The molecule has 0 atom stereocenters. The first-order valence-electron chi connectivity index (χ1n) is 17.9. The molecule has 4 aromatic heterocycles. The maximum atomic E-state index is 4.87. The average molecular weight is 678 g/mol. The SMILES string of the molecule is c1ccc(N(c2cccc3c2c2ccccc2n3-c2cnc3ccccc3c2)c2cccc3c2c2ccccc2n3-c2cnc3ccccc3c2)cc1. The van der Waals surface area contributed by atoms with Crippen molar-refractivity contribution < 1.29 is 0 Å². The minimum Gasteiger partial charge on any atom is -0.309 e. The van der Waals surface area contributed by atoms with Crippen LogP contribution in [0, 0.1) is 0 Å². The van der Waals surface area contributed by atoms with E-state index in [0.29, 0.717) is 0 Å². The van der Waals surface area contributed by atoms with Gasteiger partial charge in [0.2, 0.25) is 0 Å². The fourth-order valence-electron chi connectivity index (χ4n) is 8.28. The quantitative estimate of drug-likeness (QED) is 0.182. The first-order valence-corrected chi connectivity index (χ1v) is 17.9. The standard InChI is InChI=1S/C48H31N5/c1-2-16-34(17-3-1)51(43-24-12-26-45-47(43)37-18-6-10-22-41(37)52(45)35-28-32-14-4-8-20-39(32)49-30-35)44-25-13-27-46-48(44)38-19-7-11-23-42(38)53(46)36-29-33-15-5-9-21-40(33)50-31-36/h1-31H. The third kappa shape index (κ3) is 4.51. The van der Waals surface area contributed by atoms with Gasteiger partial charge in [0.1, 0.15) is 0 Å². The van der Waals surface area contributed by atoms with Gasteiger partial charge in [0, 0.05) is 38.0 Å². The Morgan fingerprint density at radius 2 is 0.811 bits per heavy atom. The maximum absolute atomic E-state index is 4.87. The Morgan fingerprint density at radius 1 is 0.377 bits per heavy atom. The summed E-state index contributed by atoms with van der Waals surface area (Å²) in [6.07, 6.45) is 3.99. The summed E-state index contributed by atoms with van der Waals surface area (Å²) in [5, 5.41) is 6.96. The van der Waals surface area contributed by atoms with E-state index in [2.05, 4.69) is 178 Å². The maximum Gasteiger partial charge on any atom is 0.0703 e. The Kier molecular flexibility index (Phi) is 6.48. The van der Waals surface area contributed by atoms with E-state index in [1.54, 1.807) is 0 Å². The number of hydrogen-bond acceptors (Lipinski definition) is 3. The van der Waals surface area contributed by atoms with Crippen molar-refractivity contribution in [3.05, 3.63) is 188 Å². The molecule has 5 nitrogen and oxygen atoms in total. The number of anilines is 3. The summed E-state index contributed by atoms with van der Waals surface area (Å²) in [6, 6.07) is 62.6. The molecule has 0 aliphatic carbocycles. The highest BCUT2D eigenvalue weighted by Crippen LogP contribution is 2.47. The highest BCUT2D eigenvalue weighted by molar-refractivity contribution is 6.20. The lowest BCUT2D eigenvalue weighted by atomic mass is 10.1. The second-order valence-corrected chi connectivity index (χ2v) is 13.5. The molecule has 0 N–H and O–H groups in total.